The number of rotatable bonds is 5. The average Bonchev–Trinajstić information content (AvgIpc) is 3.37. The summed E-state index contributed by atoms with van der Waals surface area (Å²) in [6.07, 6.45) is 3.74. The number of hydrogen-bond donors (Lipinski definition) is 2. The van der Waals surface area contributed by atoms with Crippen LogP contribution < -0.4 is 10.2 Å². The molecule has 4 aromatic rings. The Bertz CT molecular complexity index is 1270. The number of para-hydroxylation sites is 1. The Morgan fingerprint density at radius 3 is 2.43 bits per heavy atom. The van der Waals surface area contributed by atoms with E-state index in [1.54, 1.807) is 0 Å². The molecule has 5 rings (SSSR count). The first-order valence-corrected chi connectivity index (χ1v) is 9.71. The number of carbonyl (C=O) groups is 1. The molecule has 1 aliphatic rings. The second-order valence-electron chi connectivity index (χ2n) is 7.03. The number of hydrazone groups is 1. The highest BCUT2D eigenvalue weighted by Crippen LogP contribution is 2.24. The third-order valence-corrected chi connectivity index (χ3v) is 5.11. The van der Waals surface area contributed by atoms with Crippen LogP contribution in [0.3, 0.4) is 0 Å². The van der Waals surface area contributed by atoms with Gasteiger partial charge in [-0.15, -0.1) is 0 Å². The number of ether oxygens (including phenoxy) is 1. The van der Waals surface area contributed by atoms with Gasteiger partial charge < -0.3 is 9.72 Å². The van der Waals surface area contributed by atoms with Crippen molar-refractivity contribution < 1.29 is 9.53 Å². The van der Waals surface area contributed by atoms with Crippen molar-refractivity contribution in [3.05, 3.63) is 96.2 Å². The predicted molar refractivity (Wildman–Crippen MR) is 119 cm³/mol. The molecule has 5 heteroatoms. The van der Waals surface area contributed by atoms with Crippen molar-refractivity contribution in [3.8, 4) is 16.9 Å². The summed E-state index contributed by atoms with van der Waals surface area (Å²) < 4.78 is 5.89. The van der Waals surface area contributed by atoms with Gasteiger partial charge in [0.2, 0.25) is 0 Å². The maximum atomic E-state index is 12.3. The van der Waals surface area contributed by atoms with Crippen LogP contribution in [0.25, 0.3) is 28.1 Å². The van der Waals surface area contributed by atoms with Crippen LogP contribution in [0.4, 0.5) is 0 Å². The summed E-state index contributed by atoms with van der Waals surface area (Å²) in [6, 6.07) is 26.0. The van der Waals surface area contributed by atoms with Gasteiger partial charge in [-0.05, 0) is 35.4 Å². The Morgan fingerprint density at radius 1 is 0.867 bits per heavy atom. The topological polar surface area (TPSA) is 66.5 Å². The van der Waals surface area contributed by atoms with Crippen molar-refractivity contribution in [2.75, 3.05) is 6.61 Å². The number of H-pyrrole nitrogens is 1. The molecule has 0 aliphatic carbocycles. The van der Waals surface area contributed by atoms with Crippen molar-refractivity contribution >= 4 is 28.6 Å². The summed E-state index contributed by atoms with van der Waals surface area (Å²) in [4.78, 5) is 15.5. The summed E-state index contributed by atoms with van der Waals surface area (Å²) in [5, 5.41) is 5.21. The van der Waals surface area contributed by atoms with Crippen molar-refractivity contribution in [1.82, 2.24) is 10.4 Å². The maximum absolute atomic E-state index is 12.3. The van der Waals surface area contributed by atoms with Crippen molar-refractivity contribution in [2.24, 2.45) is 5.10 Å². The number of carbonyl (C=O) groups excluding carboxylic acids is 1. The van der Waals surface area contributed by atoms with Crippen molar-refractivity contribution in [2.45, 2.75) is 0 Å². The van der Waals surface area contributed by atoms with Crippen molar-refractivity contribution in [3.63, 3.8) is 0 Å². The zero-order valence-corrected chi connectivity index (χ0v) is 16.1. The third-order valence-electron chi connectivity index (χ3n) is 5.11. The molecule has 1 aliphatic heterocycles. The Hall–Kier alpha value is -4.12. The highest BCUT2D eigenvalue weighted by molar-refractivity contribution is 6.28. The Labute approximate surface area is 173 Å². The van der Waals surface area contributed by atoms with Gasteiger partial charge in [0, 0.05) is 22.7 Å². The molecule has 0 fully saturated rings. The number of fused-ring (bicyclic) bond motifs is 1. The monoisotopic (exact) mass is 393 g/mol. The molecule has 0 saturated carbocycles. The molecule has 0 unspecified atom stereocenters. The lowest BCUT2D eigenvalue weighted by molar-refractivity contribution is -0.116. The Balaban J connectivity index is 1.32. The van der Waals surface area contributed by atoms with Gasteiger partial charge in [-0.3, -0.25) is 4.79 Å². The van der Waals surface area contributed by atoms with E-state index in [0.29, 0.717) is 11.3 Å². The second kappa shape index (κ2) is 7.72. The van der Waals surface area contributed by atoms with E-state index in [1.165, 1.54) is 0 Å². The SMILES string of the molecule is O=C1NN=C(COc2ccc(-c3ccccc3)cc2)C1=Cc1c[nH]c2ccccc12. The summed E-state index contributed by atoms with van der Waals surface area (Å²) in [7, 11) is 0. The molecule has 0 radical (unpaired) electrons. The fourth-order valence-corrected chi connectivity index (χ4v) is 3.52. The molecule has 2 N–H and O–H groups in total. The standard InChI is InChI=1S/C25H19N3O2/c29-25-22(14-19-15-26-23-9-5-4-8-21(19)23)24(27-28-25)16-30-20-12-10-18(11-13-20)17-6-2-1-3-7-17/h1-15,26H,16H2,(H,28,29). The largest absolute Gasteiger partial charge is 0.487 e. The van der Waals surface area contributed by atoms with Crippen LogP contribution >= 0.6 is 0 Å². The molecule has 5 nitrogen and oxygen atoms in total. The van der Waals surface area contributed by atoms with E-state index in [1.807, 2.05) is 79.0 Å². The highest BCUT2D eigenvalue weighted by Gasteiger charge is 2.23. The lowest BCUT2D eigenvalue weighted by Gasteiger charge is -2.08. The molecule has 2 heterocycles. The molecule has 0 spiro atoms. The number of benzene rings is 3. The van der Waals surface area contributed by atoms with Gasteiger partial charge in [-0.25, -0.2) is 5.43 Å². The number of nitrogens with one attached hydrogen (secondary N) is 2. The number of hydrogen-bond acceptors (Lipinski definition) is 3. The number of amides is 1. The van der Waals surface area contributed by atoms with E-state index in [2.05, 4.69) is 27.6 Å². The van der Waals surface area contributed by atoms with Crippen LogP contribution in [-0.2, 0) is 4.79 Å². The van der Waals surface area contributed by atoms with Crippen LogP contribution in [0, 0.1) is 0 Å². The van der Waals surface area contributed by atoms with E-state index in [-0.39, 0.29) is 12.5 Å². The molecule has 0 bridgehead atoms. The zero-order valence-electron chi connectivity index (χ0n) is 16.1. The fraction of sp³-hybridized carbons (Fsp3) is 0.0400. The van der Waals surface area contributed by atoms with E-state index < -0.39 is 0 Å². The zero-order chi connectivity index (χ0) is 20.3. The van der Waals surface area contributed by atoms with Crippen LogP contribution in [0.2, 0.25) is 0 Å². The molecular formula is C25H19N3O2. The normalized spacial score (nSPS) is 14.7. The van der Waals surface area contributed by atoms with Crippen LogP contribution in [0.15, 0.2) is 95.7 Å². The summed E-state index contributed by atoms with van der Waals surface area (Å²) in [5.74, 6) is 0.501. The van der Waals surface area contributed by atoms with Gasteiger partial charge in [-0.1, -0.05) is 60.7 Å². The molecular weight excluding hydrogens is 374 g/mol. The molecule has 30 heavy (non-hydrogen) atoms. The Morgan fingerprint density at radius 2 is 1.60 bits per heavy atom. The summed E-state index contributed by atoms with van der Waals surface area (Å²) in [6.45, 7) is 0.206. The van der Waals surface area contributed by atoms with Crippen LogP contribution in [-0.4, -0.2) is 23.2 Å². The van der Waals surface area contributed by atoms with Crippen LogP contribution in [0.1, 0.15) is 5.56 Å². The molecule has 1 aromatic heterocycles. The van der Waals surface area contributed by atoms with E-state index >= 15 is 0 Å². The van der Waals surface area contributed by atoms with Gasteiger partial charge in [0.1, 0.15) is 18.1 Å². The van der Waals surface area contributed by atoms with E-state index in [9.17, 15) is 4.79 Å². The number of aromatic amines is 1. The molecule has 146 valence electrons. The summed E-state index contributed by atoms with van der Waals surface area (Å²) in [5.41, 5.74) is 7.88. The lowest BCUT2D eigenvalue weighted by atomic mass is 10.1. The molecule has 0 saturated heterocycles. The quantitative estimate of drug-likeness (QED) is 0.479. The minimum Gasteiger partial charge on any atom is -0.487 e. The third kappa shape index (κ3) is 3.49. The smallest absolute Gasteiger partial charge is 0.273 e. The fourth-order valence-electron chi connectivity index (χ4n) is 3.52. The second-order valence-corrected chi connectivity index (χ2v) is 7.03. The minimum atomic E-state index is -0.224. The highest BCUT2D eigenvalue weighted by atomic mass is 16.5. The van der Waals surface area contributed by atoms with Gasteiger partial charge in [0.05, 0.1) is 5.57 Å². The first kappa shape index (κ1) is 17.9. The summed E-state index contributed by atoms with van der Waals surface area (Å²) >= 11 is 0. The Kier molecular flexibility index (Phi) is 4.62. The van der Waals surface area contributed by atoms with Gasteiger partial charge >= 0.3 is 0 Å². The van der Waals surface area contributed by atoms with E-state index in [4.69, 9.17) is 4.74 Å². The maximum Gasteiger partial charge on any atom is 0.273 e. The minimum absolute atomic E-state index is 0.206. The first-order valence-electron chi connectivity index (χ1n) is 9.71. The predicted octanol–water partition coefficient (Wildman–Crippen LogP) is 4.78. The molecule has 0 atom stereocenters. The number of nitrogens with zero attached hydrogens (tertiary/aromatic N) is 1. The van der Waals surface area contributed by atoms with Crippen LogP contribution in [0.5, 0.6) is 5.75 Å². The van der Waals surface area contributed by atoms with E-state index in [0.717, 1.165) is 33.3 Å². The van der Waals surface area contributed by atoms with Gasteiger partial charge in [0.15, 0.2) is 0 Å². The molecule has 3 aromatic carbocycles. The van der Waals surface area contributed by atoms with Gasteiger partial charge in [-0.2, -0.15) is 5.10 Å². The molecule has 1 amide bonds. The average molecular weight is 393 g/mol. The first-order chi connectivity index (χ1) is 14.8. The van der Waals surface area contributed by atoms with Gasteiger partial charge in [0.25, 0.3) is 5.91 Å². The lowest BCUT2D eigenvalue weighted by Crippen LogP contribution is -2.16. The van der Waals surface area contributed by atoms with Crippen molar-refractivity contribution in [1.29, 1.82) is 0 Å². The number of aromatic nitrogens is 1.